The fourth-order valence-electron chi connectivity index (χ4n) is 2.46. The van der Waals surface area contributed by atoms with Crippen molar-refractivity contribution in [2.45, 2.75) is 12.8 Å². The van der Waals surface area contributed by atoms with E-state index in [1.165, 1.54) is 24.4 Å². The van der Waals surface area contributed by atoms with Crippen LogP contribution in [0.5, 0.6) is 11.6 Å². The minimum absolute atomic E-state index is 0.000832. The SMILES string of the molecule is O=C(O)c1ccc2ccccc2c1OCc1ccc(OCC(F)(F)F)nc1. The number of rotatable bonds is 6. The van der Waals surface area contributed by atoms with Crippen molar-refractivity contribution < 1.29 is 32.5 Å². The summed E-state index contributed by atoms with van der Waals surface area (Å²) >= 11 is 0. The summed E-state index contributed by atoms with van der Waals surface area (Å²) in [7, 11) is 0. The Balaban J connectivity index is 1.77. The Morgan fingerprint density at radius 2 is 1.81 bits per heavy atom. The Hall–Kier alpha value is -3.29. The van der Waals surface area contributed by atoms with E-state index >= 15 is 0 Å². The number of pyridine rings is 1. The lowest BCUT2D eigenvalue weighted by atomic mass is 10.1. The second kappa shape index (κ2) is 7.53. The molecule has 1 aromatic heterocycles. The van der Waals surface area contributed by atoms with E-state index in [9.17, 15) is 23.1 Å². The molecule has 0 aliphatic heterocycles. The molecule has 0 aliphatic carbocycles. The standard InChI is InChI=1S/C19H14F3NO4/c20-19(21,22)11-27-16-8-5-12(9-23-16)10-26-17-14-4-2-1-3-13(14)6-7-15(17)18(24)25/h1-9H,10-11H2,(H,24,25). The van der Waals surface area contributed by atoms with Crippen molar-refractivity contribution in [3.05, 3.63) is 65.9 Å². The van der Waals surface area contributed by atoms with Crippen molar-refractivity contribution in [2.75, 3.05) is 6.61 Å². The Bertz CT molecular complexity index is 955. The molecular weight excluding hydrogens is 363 g/mol. The summed E-state index contributed by atoms with van der Waals surface area (Å²) in [6.07, 6.45) is -3.12. The number of carboxylic acids is 1. The number of halogens is 3. The van der Waals surface area contributed by atoms with Crippen LogP contribution >= 0.6 is 0 Å². The van der Waals surface area contributed by atoms with Crippen LogP contribution in [-0.4, -0.2) is 28.8 Å². The lowest BCUT2D eigenvalue weighted by Gasteiger charge is -2.13. The van der Waals surface area contributed by atoms with Gasteiger partial charge in [-0.3, -0.25) is 0 Å². The zero-order valence-corrected chi connectivity index (χ0v) is 13.9. The van der Waals surface area contributed by atoms with Crippen molar-refractivity contribution in [2.24, 2.45) is 0 Å². The number of aromatic carboxylic acids is 1. The van der Waals surface area contributed by atoms with Crippen LogP contribution in [0.2, 0.25) is 0 Å². The topological polar surface area (TPSA) is 68.7 Å². The second-order valence-corrected chi connectivity index (χ2v) is 5.67. The average molecular weight is 377 g/mol. The highest BCUT2D eigenvalue weighted by Gasteiger charge is 2.28. The molecule has 3 rings (SSSR count). The van der Waals surface area contributed by atoms with Crippen molar-refractivity contribution in [3.8, 4) is 11.6 Å². The molecular formula is C19H14F3NO4. The minimum atomic E-state index is -4.44. The quantitative estimate of drug-likeness (QED) is 0.687. The van der Waals surface area contributed by atoms with Crippen molar-refractivity contribution >= 4 is 16.7 Å². The van der Waals surface area contributed by atoms with Gasteiger partial charge in [-0.15, -0.1) is 0 Å². The maximum atomic E-state index is 12.1. The molecule has 5 nitrogen and oxygen atoms in total. The van der Waals surface area contributed by atoms with Crippen LogP contribution in [0.3, 0.4) is 0 Å². The van der Waals surface area contributed by atoms with Crippen LogP contribution in [0.15, 0.2) is 54.7 Å². The Morgan fingerprint density at radius 3 is 2.48 bits per heavy atom. The van der Waals surface area contributed by atoms with Gasteiger partial charge < -0.3 is 14.6 Å². The fourth-order valence-corrected chi connectivity index (χ4v) is 2.46. The van der Waals surface area contributed by atoms with Gasteiger partial charge in [-0.25, -0.2) is 9.78 Å². The van der Waals surface area contributed by atoms with Gasteiger partial charge in [0.05, 0.1) is 0 Å². The average Bonchev–Trinajstić information content (AvgIpc) is 2.64. The highest BCUT2D eigenvalue weighted by molar-refractivity contribution is 6.00. The van der Waals surface area contributed by atoms with Crippen molar-refractivity contribution in [3.63, 3.8) is 0 Å². The van der Waals surface area contributed by atoms with Crippen LogP contribution in [0.1, 0.15) is 15.9 Å². The third kappa shape index (κ3) is 4.66. The number of nitrogens with zero attached hydrogens (tertiary/aromatic N) is 1. The van der Waals surface area contributed by atoms with Gasteiger partial charge in [0, 0.05) is 23.2 Å². The van der Waals surface area contributed by atoms with Gasteiger partial charge in [-0.2, -0.15) is 13.2 Å². The van der Waals surface area contributed by atoms with Crippen LogP contribution < -0.4 is 9.47 Å². The molecule has 0 atom stereocenters. The van der Waals surface area contributed by atoms with E-state index in [1.54, 1.807) is 18.2 Å². The first-order chi connectivity index (χ1) is 12.8. The first-order valence-corrected chi connectivity index (χ1v) is 7.86. The van der Waals surface area contributed by atoms with E-state index in [1.807, 2.05) is 12.1 Å². The normalized spacial score (nSPS) is 11.4. The van der Waals surface area contributed by atoms with Gasteiger partial charge in [0.2, 0.25) is 5.88 Å². The summed E-state index contributed by atoms with van der Waals surface area (Å²) in [5, 5.41) is 10.9. The summed E-state index contributed by atoms with van der Waals surface area (Å²) in [5.74, 6) is -1.06. The predicted molar refractivity (Wildman–Crippen MR) is 91.0 cm³/mol. The van der Waals surface area contributed by atoms with Crippen molar-refractivity contribution in [1.29, 1.82) is 0 Å². The summed E-state index contributed by atoms with van der Waals surface area (Å²) in [4.78, 5) is 15.3. The lowest BCUT2D eigenvalue weighted by Crippen LogP contribution is -2.19. The molecule has 140 valence electrons. The lowest BCUT2D eigenvalue weighted by molar-refractivity contribution is -0.154. The molecule has 0 saturated heterocycles. The molecule has 3 aromatic rings. The maximum absolute atomic E-state index is 12.1. The zero-order valence-electron chi connectivity index (χ0n) is 13.9. The summed E-state index contributed by atoms with van der Waals surface area (Å²) in [6.45, 7) is -1.42. The molecule has 8 heteroatoms. The van der Waals surface area contributed by atoms with Gasteiger partial charge in [0.15, 0.2) is 6.61 Å². The molecule has 0 unspecified atom stereocenters. The Labute approximate surface area is 152 Å². The highest BCUT2D eigenvalue weighted by atomic mass is 19.4. The largest absolute Gasteiger partial charge is 0.487 e. The molecule has 0 fully saturated rings. The number of benzene rings is 2. The number of carbonyl (C=O) groups is 1. The minimum Gasteiger partial charge on any atom is -0.487 e. The van der Waals surface area contributed by atoms with E-state index in [2.05, 4.69) is 9.72 Å². The molecule has 1 N–H and O–H groups in total. The molecule has 0 radical (unpaired) electrons. The van der Waals surface area contributed by atoms with Crippen LogP contribution in [0.4, 0.5) is 13.2 Å². The summed E-state index contributed by atoms with van der Waals surface area (Å²) in [5.41, 5.74) is 0.574. The molecule has 0 saturated carbocycles. The molecule has 27 heavy (non-hydrogen) atoms. The van der Waals surface area contributed by atoms with E-state index < -0.39 is 18.8 Å². The van der Waals surface area contributed by atoms with Gasteiger partial charge >= 0.3 is 12.1 Å². The van der Waals surface area contributed by atoms with E-state index in [4.69, 9.17) is 4.74 Å². The van der Waals surface area contributed by atoms with Crippen LogP contribution in [0, 0.1) is 0 Å². The third-order valence-corrected chi connectivity index (χ3v) is 3.67. The summed E-state index contributed by atoms with van der Waals surface area (Å²) in [6, 6.07) is 13.2. The summed E-state index contributed by atoms with van der Waals surface area (Å²) < 4.78 is 46.7. The molecule has 0 amide bonds. The number of hydrogen-bond donors (Lipinski definition) is 1. The Kier molecular flexibility index (Phi) is 5.16. The monoisotopic (exact) mass is 377 g/mol. The highest BCUT2D eigenvalue weighted by Crippen LogP contribution is 2.30. The van der Waals surface area contributed by atoms with Gasteiger partial charge in [-0.1, -0.05) is 30.3 Å². The second-order valence-electron chi connectivity index (χ2n) is 5.67. The van der Waals surface area contributed by atoms with Gasteiger partial charge in [0.25, 0.3) is 0 Å². The number of alkyl halides is 3. The first kappa shape index (κ1) is 18.5. The van der Waals surface area contributed by atoms with Gasteiger partial charge in [-0.05, 0) is 17.5 Å². The molecule has 1 heterocycles. The first-order valence-electron chi connectivity index (χ1n) is 7.86. The van der Waals surface area contributed by atoms with Crippen LogP contribution in [0.25, 0.3) is 10.8 Å². The van der Waals surface area contributed by atoms with Crippen LogP contribution in [-0.2, 0) is 6.61 Å². The van der Waals surface area contributed by atoms with E-state index in [-0.39, 0.29) is 23.8 Å². The number of ether oxygens (including phenoxy) is 2. The zero-order chi connectivity index (χ0) is 19.4. The number of fused-ring (bicyclic) bond motifs is 1. The Morgan fingerprint density at radius 1 is 1.04 bits per heavy atom. The van der Waals surface area contributed by atoms with Gasteiger partial charge in [0.1, 0.15) is 17.9 Å². The molecule has 0 spiro atoms. The number of aromatic nitrogens is 1. The number of carboxylic acid groups (broad SMARTS) is 1. The maximum Gasteiger partial charge on any atom is 0.422 e. The predicted octanol–water partition coefficient (Wildman–Crippen LogP) is 4.45. The molecule has 0 bridgehead atoms. The van der Waals surface area contributed by atoms with E-state index in [0.29, 0.717) is 10.9 Å². The number of hydrogen-bond acceptors (Lipinski definition) is 4. The fraction of sp³-hybridized carbons (Fsp3) is 0.158. The third-order valence-electron chi connectivity index (χ3n) is 3.67. The smallest absolute Gasteiger partial charge is 0.422 e. The van der Waals surface area contributed by atoms with Crippen molar-refractivity contribution in [1.82, 2.24) is 4.98 Å². The molecule has 2 aromatic carbocycles. The van der Waals surface area contributed by atoms with E-state index in [0.717, 1.165) is 5.39 Å². The molecule has 0 aliphatic rings.